The molecule has 4 aliphatic heterocycles. The summed E-state index contributed by atoms with van der Waals surface area (Å²) in [4.78, 5) is 23.7. The minimum atomic E-state index is 0.193. The Bertz CT molecular complexity index is 1030. The van der Waals surface area contributed by atoms with Crippen LogP contribution in [-0.2, 0) is 0 Å². The molecular weight excluding hydrogens is 444 g/mol. The summed E-state index contributed by atoms with van der Waals surface area (Å²) < 4.78 is 0. The smallest absolute Gasteiger partial charge is 0.194 e. The molecule has 5 aliphatic rings. The van der Waals surface area contributed by atoms with E-state index >= 15 is 0 Å². The van der Waals surface area contributed by atoms with E-state index in [2.05, 4.69) is 56.0 Å². The Morgan fingerprint density at radius 1 is 0.500 bits per heavy atom. The van der Waals surface area contributed by atoms with Gasteiger partial charge < -0.3 is 19.6 Å². The zero-order chi connectivity index (χ0) is 24.1. The van der Waals surface area contributed by atoms with Crippen LogP contribution in [0.15, 0.2) is 36.4 Å². The zero-order valence-corrected chi connectivity index (χ0v) is 21.6. The average molecular weight is 485 g/mol. The molecule has 0 bridgehead atoms. The summed E-state index contributed by atoms with van der Waals surface area (Å²) in [7, 11) is 0. The number of piperidine rings is 2. The van der Waals surface area contributed by atoms with Crippen molar-refractivity contribution in [3.05, 3.63) is 47.5 Å². The normalized spacial score (nSPS) is 24.1. The van der Waals surface area contributed by atoms with Gasteiger partial charge in [0.1, 0.15) is 0 Å². The van der Waals surface area contributed by atoms with E-state index in [-0.39, 0.29) is 5.78 Å². The quantitative estimate of drug-likeness (QED) is 0.518. The van der Waals surface area contributed by atoms with Gasteiger partial charge in [-0.2, -0.15) is 0 Å². The number of benzene rings is 2. The molecule has 7 rings (SSSR count). The summed E-state index contributed by atoms with van der Waals surface area (Å²) in [5, 5.41) is 0. The van der Waals surface area contributed by atoms with Gasteiger partial charge in [0.2, 0.25) is 0 Å². The summed E-state index contributed by atoms with van der Waals surface area (Å²) in [6.45, 7) is 9.64. The molecule has 190 valence electrons. The van der Waals surface area contributed by atoms with Crippen LogP contribution in [0.25, 0.3) is 11.1 Å². The molecular formula is C31H40N4O. The van der Waals surface area contributed by atoms with Crippen molar-refractivity contribution in [2.75, 3.05) is 62.2 Å². The van der Waals surface area contributed by atoms with Crippen LogP contribution < -0.4 is 9.80 Å². The lowest BCUT2D eigenvalue weighted by atomic mass is 9.99. The van der Waals surface area contributed by atoms with Crippen LogP contribution in [0.4, 0.5) is 11.4 Å². The molecule has 4 fully saturated rings. The van der Waals surface area contributed by atoms with E-state index in [9.17, 15) is 4.79 Å². The first-order valence-electron chi connectivity index (χ1n) is 14.6. The second-order valence-corrected chi connectivity index (χ2v) is 11.7. The molecule has 1 aliphatic carbocycles. The van der Waals surface area contributed by atoms with Crippen LogP contribution in [0.2, 0.25) is 0 Å². The van der Waals surface area contributed by atoms with Crippen molar-refractivity contribution in [1.29, 1.82) is 0 Å². The van der Waals surface area contributed by atoms with Gasteiger partial charge in [0.15, 0.2) is 5.78 Å². The number of likely N-dealkylation sites (tertiary alicyclic amines) is 2. The zero-order valence-electron chi connectivity index (χ0n) is 21.6. The van der Waals surface area contributed by atoms with Gasteiger partial charge in [-0.05, 0) is 125 Å². The largest absolute Gasteiger partial charge is 0.371 e. The molecule has 0 saturated carbocycles. The third-order valence-electron chi connectivity index (χ3n) is 9.76. The second kappa shape index (κ2) is 9.50. The first-order valence-corrected chi connectivity index (χ1v) is 14.6. The first kappa shape index (κ1) is 22.8. The fourth-order valence-electron chi connectivity index (χ4n) is 7.64. The second-order valence-electron chi connectivity index (χ2n) is 11.7. The first-order chi connectivity index (χ1) is 17.7. The number of rotatable bonds is 4. The Morgan fingerprint density at radius 3 is 1.28 bits per heavy atom. The maximum absolute atomic E-state index is 13.2. The molecule has 0 aromatic heterocycles. The Labute approximate surface area is 216 Å². The van der Waals surface area contributed by atoms with Crippen molar-refractivity contribution < 1.29 is 4.79 Å². The number of ketones is 1. The van der Waals surface area contributed by atoms with Crippen LogP contribution >= 0.6 is 0 Å². The predicted octanol–water partition coefficient (Wildman–Crippen LogP) is 5.03. The van der Waals surface area contributed by atoms with Gasteiger partial charge in [0.05, 0.1) is 0 Å². The lowest BCUT2D eigenvalue weighted by Gasteiger charge is -2.38. The van der Waals surface area contributed by atoms with Crippen LogP contribution in [0.1, 0.15) is 67.3 Å². The van der Waals surface area contributed by atoms with Crippen LogP contribution in [0.5, 0.6) is 0 Å². The van der Waals surface area contributed by atoms with E-state index in [1.54, 1.807) is 0 Å². The molecule has 4 saturated heterocycles. The summed E-state index contributed by atoms with van der Waals surface area (Å²) in [5.41, 5.74) is 6.61. The van der Waals surface area contributed by atoms with Gasteiger partial charge in [-0.25, -0.2) is 0 Å². The number of hydrogen-bond acceptors (Lipinski definition) is 5. The Balaban J connectivity index is 1.08. The minimum absolute atomic E-state index is 0.193. The highest BCUT2D eigenvalue weighted by Crippen LogP contribution is 2.41. The molecule has 5 heteroatoms. The summed E-state index contributed by atoms with van der Waals surface area (Å²) in [6.07, 6.45) is 10.5. The third kappa shape index (κ3) is 4.05. The lowest BCUT2D eigenvalue weighted by molar-refractivity contribution is 0.104. The topological polar surface area (TPSA) is 30.0 Å². The van der Waals surface area contributed by atoms with Crippen molar-refractivity contribution in [2.24, 2.45) is 0 Å². The molecule has 0 unspecified atom stereocenters. The van der Waals surface area contributed by atoms with E-state index in [1.165, 1.54) is 88.9 Å². The maximum Gasteiger partial charge on any atom is 0.194 e. The number of fused-ring (bicyclic) bond motifs is 3. The van der Waals surface area contributed by atoms with Crippen molar-refractivity contribution in [3.8, 4) is 11.1 Å². The van der Waals surface area contributed by atoms with Crippen molar-refractivity contribution in [2.45, 2.75) is 63.5 Å². The minimum Gasteiger partial charge on any atom is -0.371 e. The molecule has 0 radical (unpaired) electrons. The number of carbonyl (C=O) groups excluding carboxylic acids is 1. The highest BCUT2D eigenvalue weighted by molar-refractivity contribution is 6.22. The average Bonchev–Trinajstić information content (AvgIpc) is 3.71. The van der Waals surface area contributed by atoms with E-state index < -0.39 is 0 Å². The van der Waals surface area contributed by atoms with E-state index in [1.807, 2.05) is 0 Å². The maximum atomic E-state index is 13.2. The van der Waals surface area contributed by atoms with E-state index in [4.69, 9.17) is 0 Å². The molecule has 0 atom stereocenters. The predicted molar refractivity (Wildman–Crippen MR) is 147 cm³/mol. The molecule has 2 aromatic carbocycles. The van der Waals surface area contributed by atoms with Gasteiger partial charge in [0, 0.05) is 60.8 Å². The Kier molecular flexibility index (Phi) is 6.01. The van der Waals surface area contributed by atoms with Gasteiger partial charge in [-0.15, -0.1) is 0 Å². The Morgan fingerprint density at radius 2 is 0.889 bits per heavy atom. The van der Waals surface area contributed by atoms with Crippen LogP contribution in [0, 0.1) is 0 Å². The molecule has 4 heterocycles. The monoisotopic (exact) mass is 484 g/mol. The number of carbonyl (C=O) groups is 1. The summed E-state index contributed by atoms with van der Waals surface area (Å²) >= 11 is 0. The van der Waals surface area contributed by atoms with Crippen LogP contribution in [0.3, 0.4) is 0 Å². The molecule has 0 N–H and O–H groups in total. The van der Waals surface area contributed by atoms with Gasteiger partial charge in [-0.1, -0.05) is 0 Å². The van der Waals surface area contributed by atoms with E-state index in [0.29, 0.717) is 0 Å². The summed E-state index contributed by atoms with van der Waals surface area (Å²) in [5.74, 6) is 0.193. The van der Waals surface area contributed by atoms with Gasteiger partial charge >= 0.3 is 0 Å². The van der Waals surface area contributed by atoms with Gasteiger partial charge in [0.25, 0.3) is 0 Å². The van der Waals surface area contributed by atoms with Gasteiger partial charge in [-0.3, -0.25) is 4.79 Å². The highest BCUT2D eigenvalue weighted by atomic mass is 16.1. The molecule has 0 spiro atoms. The molecule has 36 heavy (non-hydrogen) atoms. The van der Waals surface area contributed by atoms with Crippen molar-refractivity contribution in [1.82, 2.24) is 9.80 Å². The van der Waals surface area contributed by atoms with E-state index in [0.717, 1.165) is 60.5 Å². The standard InChI is InChI=1S/C31H40N4O/c36-31-27-7-5-25(34-17-9-23(10-18-34)32-13-1-2-14-32)21-29(27)30-22-26(6-8-28(30)31)35-19-11-24(12-20-35)33-15-3-4-16-33/h5-8,21-24H,1-4,9-20H2. The van der Waals surface area contributed by atoms with Crippen molar-refractivity contribution >= 4 is 17.2 Å². The third-order valence-corrected chi connectivity index (χ3v) is 9.76. The number of anilines is 2. The molecule has 0 amide bonds. The van der Waals surface area contributed by atoms with Crippen molar-refractivity contribution in [3.63, 3.8) is 0 Å². The molecule has 5 nitrogen and oxygen atoms in total. The van der Waals surface area contributed by atoms with Crippen LogP contribution in [-0.4, -0.2) is 80.0 Å². The fraction of sp³-hybridized carbons (Fsp3) is 0.581. The lowest BCUT2D eigenvalue weighted by Crippen LogP contribution is -2.43. The SMILES string of the molecule is O=C1c2ccc(N3CCC(N4CCCC4)CC3)cc2-c2cc(N3CCC(N4CCCC4)CC3)ccc21. The number of hydrogen-bond donors (Lipinski definition) is 0. The molecule has 2 aromatic rings. The highest BCUT2D eigenvalue weighted by Gasteiger charge is 2.31. The Hall–Kier alpha value is -2.37. The summed E-state index contributed by atoms with van der Waals surface area (Å²) in [6, 6.07) is 14.7. The fourth-order valence-corrected chi connectivity index (χ4v) is 7.64. The number of nitrogens with zero attached hydrogens (tertiary/aromatic N) is 4.